The predicted molar refractivity (Wildman–Crippen MR) is 100 cm³/mol. The zero-order valence-electron chi connectivity index (χ0n) is 14.9. The first-order valence-corrected chi connectivity index (χ1v) is 7.83. The lowest BCUT2D eigenvalue weighted by molar-refractivity contribution is 0.327. The van der Waals surface area contributed by atoms with Gasteiger partial charge in [0.1, 0.15) is 17.8 Å². The molecule has 0 saturated heterocycles. The van der Waals surface area contributed by atoms with Gasteiger partial charge in [-0.2, -0.15) is 5.10 Å². The molecule has 3 aromatic rings. The molecular formula is C18H18N4O5. The molecule has 1 aromatic heterocycles. The van der Waals surface area contributed by atoms with E-state index in [9.17, 15) is 10.2 Å². The Morgan fingerprint density at radius 2 is 1.78 bits per heavy atom. The second kappa shape index (κ2) is 7.65. The summed E-state index contributed by atoms with van der Waals surface area (Å²) in [5, 5.41) is 23.8. The largest absolute Gasteiger partial charge is 0.508 e. The molecule has 0 bridgehead atoms. The topological polar surface area (TPSA) is 118 Å². The van der Waals surface area contributed by atoms with E-state index in [0.29, 0.717) is 39.5 Å². The first-order chi connectivity index (χ1) is 13.1. The van der Waals surface area contributed by atoms with Crippen LogP contribution in [-0.2, 0) is 0 Å². The molecule has 3 N–H and O–H groups in total. The summed E-state index contributed by atoms with van der Waals surface area (Å²) in [7, 11) is 4.54. The normalized spacial score (nSPS) is 10.9. The molecule has 0 aliphatic heterocycles. The zero-order chi connectivity index (χ0) is 19.4. The van der Waals surface area contributed by atoms with E-state index < -0.39 is 0 Å². The number of aromatic nitrogens is 2. The maximum absolute atomic E-state index is 9.81. The van der Waals surface area contributed by atoms with Crippen molar-refractivity contribution in [1.82, 2.24) is 9.97 Å². The third-order valence-electron chi connectivity index (χ3n) is 3.82. The number of nitrogens with zero attached hydrogens (tertiary/aromatic N) is 3. The molecule has 140 valence electrons. The van der Waals surface area contributed by atoms with E-state index in [2.05, 4.69) is 20.5 Å². The number of hydrazone groups is 1. The fourth-order valence-corrected chi connectivity index (χ4v) is 2.58. The highest BCUT2D eigenvalue weighted by atomic mass is 16.5. The summed E-state index contributed by atoms with van der Waals surface area (Å²) >= 11 is 0. The molecule has 3 rings (SSSR count). The van der Waals surface area contributed by atoms with Crippen LogP contribution in [0.2, 0.25) is 0 Å². The van der Waals surface area contributed by atoms with Crippen molar-refractivity contribution in [3.63, 3.8) is 0 Å². The number of rotatable bonds is 6. The first-order valence-electron chi connectivity index (χ1n) is 7.83. The van der Waals surface area contributed by atoms with E-state index in [1.54, 1.807) is 6.07 Å². The smallest absolute Gasteiger partial charge is 0.204 e. The van der Waals surface area contributed by atoms with Gasteiger partial charge in [0, 0.05) is 17.7 Å². The Kier molecular flexibility index (Phi) is 5.11. The molecule has 0 fully saturated rings. The molecule has 9 heteroatoms. The molecule has 0 aliphatic rings. The average Bonchev–Trinajstić information content (AvgIpc) is 2.67. The van der Waals surface area contributed by atoms with Crippen LogP contribution in [0.4, 0.5) is 5.82 Å². The van der Waals surface area contributed by atoms with Crippen molar-refractivity contribution in [2.75, 3.05) is 26.8 Å². The Morgan fingerprint density at radius 1 is 1.00 bits per heavy atom. The van der Waals surface area contributed by atoms with E-state index >= 15 is 0 Å². The van der Waals surface area contributed by atoms with Crippen molar-refractivity contribution >= 4 is 22.9 Å². The third-order valence-corrected chi connectivity index (χ3v) is 3.82. The summed E-state index contributed by atoms with van der Waals surface area (Å²) in [5.74, 6) is 1.53. The number of anilines is 1. The van der Waals surface area contributed by atoms with Gasteiger partial charge in [-0.1, -0.05) is 0 Å². The van der Waals surface area contributed by atoms with Crippen LogP contribution in [0.1, 0.15) is 5.56 Å². The molecule has 1 heterocycles. The lowest BCUT2D eigenvalue weighted by Crippen LogP contribution is -2.01. The summed E-state index contributed by atoms with van der Waals surface area (Å²) in [6, 6.07) is 5.91. The third kappa shape index (κ3) is 3.47. The van der Waals surface area contributed by atoms with Gasteiger partial charge in [-0.15, -0.1) is 0 Å². The fraction of sp³-hybridized carbons (Fsp3) is 0.167. The lowest BCUT2D eigenvalue weighted by Gasteiger charge is -2.15. The van der Waals surface area contributed by atoms with Gasteiger partial charge in [0.15, 0.2) is 17.3 Å². The van der Waals surface area contributed by atoms with E-state index in [0.717, 1.165) is 0 Å². The van der Waals surface area contributed by atoms with Crippen LogP contribution in [0.5, 0.6) is 28.7 Å². The number of phenols is 2. The van der Waals surface area contributed by atoms with Gasteiger partial charge in [-0.3, -0.25) is 5.43 Å². The van der Waals surface area contributed by atoms with E-state index in [4.69, 9.17) is 14.2 Å². The highest BCUT2D eigenvalue weighted by Gasteiger charge is 2.19. The number of aromatic hydroxyl groups is 2. The van der Waals surface area contributed by atoms with Crippen molar-refractivity contribution in [3.8, 4) is 28.7 Å². The Labute approximate surface area is 154 Å². The van der Waals surface area contributed by atoms with E-state index in [1.165, 1.54) is 52.1 Å². The molecular weight excluding hydrogens is 352 g/mol. The van der Waals surface area contributed by atoms with Crippen LogP contribution >= 0.6 is 0 Å². The Bertz CT molecular complexity index is 1010. The molecule has 0 spiro atoms. The Morgan fingerprint density at radius 3 is 2.44 bits per heavy atom. The first kappa shape index (κ1) is 18.1. The van der Waals surface area contributed by atoms with Gasteiger partial charge in [0.25, 0.3) is 0 Å². The molecule has 0 amide bonds. The van der Waals surface area contributed by atoms with Gasteiger partial charge >= 0.3 is 0 Å². The molecule has 27 heavy (non-hydrogen) atoms. The minimum Gasteiger partial charge on any atom is -0.508 e. The molecule has 0 saturated carbocycles. The van der Waals surface area contributed by atoms with Crippen molar-refractivity contribution in [2.24, 2.45) is 5.10 Å². The van der Waals surface area contributed by atoms with Crippen LogP contribution in [0.25, 0.3) is 10.9 Å². The van der Waals surface area contributed by atoms with Crippen molar-refractivity contribution in [2.45, 2.75) is 0 Å². The Balaban J connectivity index is 2.03. The maximum Gasteiger partial charge on any atom is 0.204 e. The predicted octanol–water partition coefficient (Wildman–Crippen LogP) is 2.51. The van der Waals surface area contributed by atoms with Gasteiger partial charge in [-0.25, -0.2) is 9.97 Å². The van der Waals surface area contributed by atoms with Crippen LogP contribution in [0.3, 0.4) is 0 Å². The molecule has 0 radical (unpaired) electrons. The molecule has 0 aliphatic carbocycles. The van der Waals surface area contributed by atoms with Crippen LogP contribution in [0.15, 0.2) is 35.7 Å². The second-order valence-corrected chi connectivity index (χ2v) is 5.37. The summed E-state index contributed by atoms with van der Waals surface area (Å²) in [6.07, 6.45) is 2.78. The molecule has 0 unspecified atom stereocenters. The number of methoxy groups -OCH3 is 3. The number of fused-ring (bicyclic) bond motifs is 1. The quantitative estimate of drug-likeness (QED) is 0.447. The van der Waals surface area contributed by atoms with Crippen LogP contribution < -0.4 is 19.6 Å². The summed E-state index contributed by atoms with van der Waals surface area (Å²) < 4.78 is 16.2. The van der Waals surface area contributed by atoms with Crippen molar-refractivity contribution < 1.29 is 24.4 Å². The summed E-state index contributed by atoms with van der Waals surface area (Å²) in [5.41, 5.74) is 3.80. The standard InChI is InChI=1S/C18H18N4O5/c1-25-14-7-12-15(17(27-3)16(14)26-2)18(20-9-19-12)22-21-8-10-4-5-11(23)6-13(10)24/h4-9,23-24H,1-3H3,(H,19,20,22)/b21-8+. The Hall–Kier alpha value is -3.75. The summed E-state index contributed by atoms with van der Waals surface area (Å²) in [6.45, 7) is 0. The van der Waals surface area contributed by atoms with Gasteiger partial charge < -0.3 is 24.4 Å². The van der Waals surface area contributed by atoms with Crippen molar-refractivity contribution in [1.29, 1.82) is 0 Å². The monoisotopic (exact) mass is 370 g/mol. The lowest BCUT2D eigenvalue weighted by atomic mass is 10.2. The molecule has 9 nitrogen and oxygen atoms in total. The number of nitrogens with one attached hydrogen (secondary N) is 1. The number of ether oxygens (including phenoxy) is 3. The number of phenolic OH excluding ortho intramolecular Hbond substituents is 2. The van der Waals surface area contributed by atoms with Gasteiger partial charge in [-0.05, 0) is 12.1 Å². The maximum atomic E-state index is 9.81. The fourth-order valence-electron chi connectivity index (χ4n) is 2.58. The van der Waals surface area contributed by atoms with Crippen LogP contribution in [-0.4, -0.2) is 47.7 Å². The minimum absolute atomic E-state index is 0.0369. The van der Waals surface area contributed by atoms with Crippen molar-refractivity contribution in [3.05, 3.63) is 36.2 Å². The highest BCUT2D eigenvalue weighted by molar-refractivity contribution is 5.98. The average molecular weight is 370 g/mol. The number of hydrogen-bond donors (Lipinski definition) is 3. The second-order valence-electron chi connectivity index (χ2n) is 5.37. The van der Waals surface area contributed by atoms with E-state index in [-0.39, 0.29) is 11.5 Å². The molecule has 2 aromatic carbocycles. The van der Waals surface area contributed by atoms with Gasteiger partial charge in [0.05, 0.1) is 38.4 Å². The summed E-state index contributed by atoms with van der Waals surface area (Å²) in [4.78, 5) is 8.44. The number of hydrogen-bond acceptors (Lipinski definition) is 9. The number of benzene rings is 2. The van der Waals surface area contributed by atoms with E-state index in [1.807, 2.05) is 0 Å². The van der Waals surface area contributed by atoms with Crippen LogP contribution in [0, 0.1) is 0 Å². The highest BCUT2D eigenvalue weighted by Crippen LogP contribution is 2.44. The molecule has 0 atom stereocenters. The van der Waals surface area contributed by atoms with Gasteiger partial charge in [0.2, 0.25) is 5.75 Å². The SMILES string of the molecule is COc1cc2ncnc(N/N=C/c3ccc(O)cc3O)c2c(OC)c1OC. The minimum atomic E-state index is -0.0999. The zero-order valence-corrected chi connectivity index (χ0v) is 14.9.